The van der Waals surface area contributed by atoms with Crippen LogP contribution in [-0.4, -0.2) is 10.9 Å². The molecule has 0 fully saturated rings. The molecule has 0 amide bonds. The van der Waals surface area contributed by atoms with Crippen molar-refractivity contribution in [2.75, 3.05) is 5.75 Å². The molecule has 2 rings (SSSR count). The number of benzene rings is 1. The first-order valence-electron chi connectivity index (χ1n) is 4.42. The molecule has 0 spiro atoms. The Morgan fingerprint density at radius 1 is 1.50 bits per heavy atom. The molecule has 1 nitrogen and oxygen atoms in total. The van der Waals surface area contributed by atoms with Crippen molar-refractivity contribution < 1.29 is 9.50 Å². The third-order valence-electron chi connectivity index (χ3n) is 2.36. The summed E-state index contributed by atoms with van der Waals surface area (Å²) in [6, 6.07) is 2.87. The van der Waals surface area contributed by atoms with Gasteiger partial charge in [-0.15, -0.1) is 0 Å². The van der Waals surface area contributed by atoms with E-state index in [9.17, 15) is 9.50 Å². The number of hydrogen-bond acceptors (Lipinski definition) is 2. The number of thioether (sulfide) groups is 1. The summed E-state index contributed by atoms with van der Waals surface area (Å²) in [6.07, 6.45) is 0.0177. The van der Waals surface area contributed by atoms with Crippen LogP contribution in [-0.2, 0) is 5.75 Å². The summed E-state index contributed by atoms with van der Waals surface area (Å²) in [4.78, 5) is 0. The summed E-state index contributed by atoms with van der Waals surface area (Å²) >= 11 is 7.57. The Morgan fingerprint density at radius 2 is 2.29 bits per heavy atom. The Hall–Kier alpha value is -0.250. The molecule has 1 N–H and O–H groups in total. The second-order valence-electron chi connectivity index (χ2n) is 3.28. The minimum absolute atomic E-state index is 0.266. The summed E-state index contributed by atoms with van der Waals surface area (Å²) in [5.74, 6) is 1.17. The first kappa shape index (κ1) is 10.3. The van der Waals surface area contributed by atoms with E-state index in [4.69, 9.17) is 11.6 Å². The van der Waals surface area contributed by atoms with E-state index in [2.05, 4.69) is 0 Å². The van der Waals surface area contributed by atoms with Crippen LogP contribution in [0.15, 0.2) is 12.1 Å². The second-order valence-corrected chi connectivity index (χ2v) is 4.79. The minimum Gasteiger partial charge on any atom is -0.388 e. The predicted octanol–water partition coefficient (Wildman–Crippen LogP) is 3.15. The first-order chi connectivity index (χ1) is 6.70. The molecule has 0 saturated heterocycles. The van der Waals surface area contributed by atoms with E-state index >= 15 is 0 Å². The van der Waals surface area contributed by atoms with Crippen LogP contribution in [0.1, 0.15) is 23.7 Å². The maximum absolute atomic E-state index is 13.4. The van der Waals surface area contributed by atoms with E-state index in [0.717, 1.165) is 5.75 Å². The highest BCUT2D eigenvalue weighted by Crippen LogP contribution is 2.36. The van der Waals surface area contributed by atoms with E-state index in [1.165, 1.54) is 12.1 Å². The van der Waals surface area contributed by atoms with Crippen molar-refractivity contribution >= 4 is 23.4 Å². The van der Waals surface area contributed by atoms with Gasteiger partial charge in [0.05, 0.1) is 6.10 Å². The lowest BCUT2D eigenvalue weighted by Gasteiger charge is -2.13. The Morgan fingerprint density at radius 3 is 3.07 bits per heavy atom. The number of halogens is 2. The molecule has 0 aliphatic carbocycles. The van der Waals surface area contributed by atoms with E-state index in [-0.39, 0.29) is 5.82 Å². The summed E-state index contributed by atoms with van der Waals surface area (Å²) < 4.78 is 13.4. The summed E-state index contributed by atoms with van der Waals surface area (Å²) in [7, 11) is 0. The molecule has 0 saturated carbocycles. The zero-order chi connectivity index (χ0) is 10.1. The number of rotatable bonds is 0. The number of aliphatic hydroxyl groups excluding tert-OH is 1. The predicted molar refractivity (Wildman–Crippen MR) is 57.1 cm³/mol. The van der Waals surface area contributed by atoms with Gasteiger partial charge in [0.2, 0.25) is 0 Å². The maximum atomic E-state index is 13.4. The van der Waals surface area contributed by atoms with Crippen molar-refractivity contribution in [1.29, 1.82) is 0 Å². The fourth-order valence-corrected chi connectivity index (χ4v) is 2.96. The van der Waals surface area contributed by atoms with Crippen LogP contribution in [0.3, 0.4) is 0 Å². The third-order valence-corrected chi connectivity index (χ3v) is 3.71. The second kappa shape index (κ2) is 4.09. The van der Waals surface area contributed by atoms with Gasteiger partial charge < -0.3 is 5.11 Å². The van der Waals surface area contributed by atoms with Gasteiger partial charge >= 0.3 is 0 Å². The SMILES string of the molecule is OC1CCSCc2c(F)ccc(Cl)c21. The average Bonchev–Trinajstić information content (AvgIpc) is 2.35. The quantitative estimate of drug-likeness (QED) is 0.742. The fraction of sp³-hybridized carbons (Fsp3) is 0.400. The lowest BCUT2D eigenvalue weighted by Crippen LogP contribution is -2.02. The summed E-state index contributed by atoms with van der Waals surface area (Å²) in [5, 5.41) is 10.3. The van der Waals surface area contributed by atoms with Crippen molar-refractivity contribution in [3.63, 3.8) is 0 Å². The largest absolute Gasteiger partial charge is 0.388 e. The number of hydrogen-bond donors (Lipinski definition) is 1. The fourth-order valence-electron chi connectivity index (χ4n) is 1.63. The van der Waals surface area contributed by atoms with Gasteiger partial charge in [0.1, 0.15) is 5.82 Å². The highest BCUT2D eigenvalue weighted by atomic mass is 35.5. The molecule has 76 valence electrons. The normalized spacial score (nSPS) is 21.5. The van der Waals surface area contributed by atoms with Gasteiger partial charge in [-0.05, 0) is 24.3 Å². The topological polar surface area (TPSA) is 20.2 Å². The van der Waals surface area contributed by atoms with Crippen LogP contribution >= 0.6 is 23.4 Å². The maximum Gasteiger partial charge on any atom is 0.127 e. The zero-order valence-corrected chi connectivity index (χ0v) is 9.04. The van der Waals surface area contributed by atoms with E-state index in [0.29, 0.717) is 28.3 Å². The molecule has 0 aromatic heterocycles. The molecule has 4 heteroatoms. The first-order valence-corrected chi connectivity index (χ1v) is 5.96. The molecular formula is C10H10ClFOS. The molecule has 1 aromatic rings. The van der Waals surface area contributed by atoms with Gasteiger partial charge in [0.15, 0.2) is 0 Å². The van der Waals surface area contributed by atoms with Gasteiger partial charge in [-0.3, -0.25) is 0 Å². The van der Waals surface area contributed by atoms with Crippen molar-refractivity contribution in [1.82, 2.24) is 0 Å². The molecule has 14 heavy (non-hydrogen) atoms. The molecular weight excluding hydrogens is 223 g/mol. The Balaban J connectivity index is 2.57. The van der Waals surface area contributed by atoms with Gasteiger partial charge in [-0.2, -0.15) is 11.8 Å². The molecule has 1 aromatic carbocycles. The Labute approximate surface area is 91.3 Å². The Bertz CT molecular complexity index is 356. The van der Waals surface area contributed by atoms with E-state index in [1.807, 2.05) is 0 Å². The highest BCUT2D eigenvalue weighted by Gasteiger charge is 2.22. The van der Waals surface area contributed by atoms with Crippen molar-refractivity contribution in [3.8, 4) is 0 Å². The summed E-state index contributed by atoms with van der Waals surface area (Å²) in [5.41, 5.74) is 1.14. The van der Waals surface area contributed by atoms with Gasteiger partial charge in [0.25, 0.3) is 0 Å². The monoisotopic (exact) mass is 232 g/mol. The molecule has 1 aliphatic heterocycles. The van der Waals surface area contributed by atoms with E-state index < -0.39 is 6.10 Å². The van der Waals surface area contributed by atoms with Crippen LogP contribution in [0.2, 0.25) is 5.02 Å². The van der Waals surface area contributed by atoms with Crippen LogP contribution in [0.4, 0.5) is 4.39 Å². The minimum atomic E-state index is -0.622. The number of aliphatic hydroxyl groups is 1. The van der Waals surface area contributed by atoms with E-state index in [1.54, 1.807) is 11.8 Å². The van der Waals surface area contributed by atoms with Gasteiger partial charge in [0, 0.05) is 21.9 Å². The van der Waals surface area contributed by atoms with Gasteiger partial charge in [-0.1, -0.05) is 11.6 Å². The Kier molecular flexibility index (Phi) is 3.00. The molecule has 0 radical (unpaired) electrons. The lowest BCUT2D eigenvalue weighted by atomic mass is 10.0. The summed E-state index contributed by atoms with van der Waals surface area (Å²) in [6.45, 7) is 0. The molecule has 1 atom stereocenters. The molecule has 1 heterocycles. The van der Waals surface area contributed by atoms with Crippen LogP contribution in [0.5, 0.6) is 0 Å². The van der Waals surface area contributed by atoms with Crippen LogP contribution in [0, 0.1) is 5.82 Å². The third kappa shape index (κ3) is 1.76. The molecule has 1 unspecified atom stereocenters. The van der Waals surface area contributed by atoms with Crippen molar-refractivity contribution in [2.45, 2.75) is 18.3 Å². The number of fused-ring (bicyclic) bond motifs is 1. The smallest absolute Gasteiger partial charge is 0.127 e. The van der Waals surface area contributed by atoms with Crippen molar-refractivity contribution in [2.24, 2.45) is 0 Å². The average molecular weight is 233 g/mol. The standard InChI is InChI=1S/C10H10ClFOS/c11-7-1-2-8(12)6-5-14-4-3-9(13)10(6)7/h1-2,9,13H,3-5H2. The van der Waals surface area contributed by atoms with Crippen LogP contribution < -0.4 is 0 Å². The highest BCUT2D eigenvalue weighted by molar-refractivity contribution is 7.98. The molecule has 1 aliphatic rings. The van der Waals surface area contributed by atoms with Crippen LogP contribution in [0.25, 0.3) is 0 Å². The lowest BCUT2D eigenvalue weighted by molar-refractivity contribution is 0.174. The van der Waals surface area contributed by atoms with Crippen molar-refractivity contribution in [3.05, 3.63) is 34.1 Å². The molecule has 0 bridgehead atoms. The zero-order valence-electron chi connectivity index (χ0n) is 7.46. The van der Waals surface area contributed by atoms with Gasteiger partial charge in [-0.25, -0.2) is 4.39 Å².